The summed E-state index contributed by atoms with van der Waals surface area (Å²) in [7, 11) is -4.06. The predicted molar refractivity (Wildman–Crippen MR) is 107 cm³/mol. The van der Waals surface area contributed by atoms with Crippen LogP contribution in [-0.2, 0) is 14.8 Å². The van der Waals surface area contributed by atoms with E-state index in [1.165, 1.54) is 18.2 Å². The molecule has 1 amide bonds. The highest BCUT2D eigenvalue weighted by molar-refractivity contribution is 7.92. The first kappa shape index (κ1) is 20.3. The topological polar surface area (TPSA) is 84.9 Å². The number of benzene rings is 2. The Bertz CT molecular complexity index is 978. The van der Waals surface area contributed by atoms with E-state index in [-0.39, 0.29) is 17.5 Å². The highest BCUT2D eigenvalue weighted by atomic mass is 35.5. The molecule has 0 aromatic heterocycles. The second-order valence-electron chi connectivity index (χ2n) is 6.52. The number of anilines is 1. The molecule has 150 valence electrons. The van der Waals surface area contributed by atoms with Gasteiger partial charge in [-0.05, 0) is 44.2 Å². The van der Waals surface area contributed by atoms with Crippen LogP contribution in [0.2, 0.25) is 5.02 Å². The molecule has 0 aliphatic carbocycles. The fourth-order valence-corrected chi connectivity index (χ4v) is 4.37. The Morgan fingerprint density at radius 2 is 1.86 bits per heavy atom. The molecule has 1 aliphatic heterocycles. The van der Waals surface area contributed by atoms with E-state index in [2.05, 4.69) is 5.32 Å². The molecule has 3 rings (SSSR count). The van der Waals surface area contributed by atoms with Gasteiger partial charge in [0.1, 0.15) is 19.8 Å². The largest absolute Gasteiger partial charge is 0.486 e. The summed E-state index contributed by atoms with van der Waals surface area (Å²) in [6, 6.07) is 10.6. The van der Waals surface area contributed by atoms with Crippen molar-refractivity contribution in [3.8, 4) is 11.5 Å². The van der Waals surface area contributed by atoms with Gasteiger partial charge in [0.2, 0.25) is 5.91 Å². The van der Waals surface area contributed by atoms with Gasteiger partial charge in [-0.3, -0.25) is 9.10 Å². The number of carbonyl (C=O) groups is 1. The van der Waals surface area contributed by atoms with Crippen molar-refractivity contribution in [3.05, 3.63) is 47.5 Å². The molecule has 0 spiro atoms. The molecule has 1 N–H and O–H groups in total. The SMILES string of the molecule is CC(C)NC(=O)CN(c1cccc(Cl)c1)S(=O)(=O)c1ccc2c(c1)OCCO2. The lowest BCUT2D eigenvalue weighted by Crippen LogP contribution is -2.42. The van der Waals surface area contributed by atoms with Gasteiger partial charge in [0.05, 0.1) is 10.6 Å². The lowest BCUT2D eigenvalue weighted by Gasteiger charge is -2.26. The predicted octanol–water partition coefficient (Wildman–Crippen LogP) is 2.83. The van der Waals surface area contributed by atoms with Gasteiger partial charge in [-0.1, -0.05) is 17.7 Å². The molecule has 7 nitrogen and oxygen atoms in total. The number of nitrogens with one attached hydrogen (secondary N) is 1. The molecule has 0 saturated heterocycles. The van der Waals surface area contributed by atoms with Gasteiger partial charge in [0, 0.05) is 17.1 Å². The van der Waals surface area contributed by atoms with E-state index in [1.54, 1.807) is 38.1 Å². The first-order chi connectivity index (χ1) is 13.3. The van der Waals surface area contributed by atoms with E-state index in [0.717, 1.165) is 4.31 Å². The molecular weight excluding hydrogens is 404 g/mol. The van der Waals surface area contributed by atoms with Gasteiger partial charge in [-0.2, -0.15) is 0 Å². The Hall–Kier alpha value is -2.45. The van der Waals surface area contributed by atoms with Crippen molar-refractivity contribution in [3.63, 3.8) is 0 Å². The Balaban J connectivity index is 2.01. The van der Waals surface area contributed by atoms with Gasteiger partial charge >= 0.3 is 0 Å². The van der Waals surface area contributed by atoms with Crippen LogP contribution in [0, 0.1) is 0 Å². The Labute approximate surface area is 169 Å². The smallest absolute Gasteiger partial charge is 0.264 e. The summed E-state index contributed by atoms with van der Waals surface area (Å²) in [5.41, 5.74) is 0.293. The molecule has 2 aromatic rings. The van der Waals surface area contributed by atoms with Crippen molar-refractivity contribution in [2.24, 2.45) is 0 Å². The molecule has 0 unspecified atom stereocenters. The fourth-order valence-electron chi connectivity index (χ4n) is 2.76. The number of sulfonamides is 1. The number of halogens is 1. The third-order valence-electron chi connectivity index (χ3n) is 3.93. The number of nitrogens with zero attached hydrogens (tertiary/aromatic N) is 1. The maximum absolute atomic E-state index is 13.4. The Morgan fingerprint density at radius 3 is 2.54 bits per heavy atom. The number of fused-ring (bicyclic) bond motifs is 1. The van der Waals surface area contributed by atoms with Crippen molar-refractivity contribution >= 4 is 33.2 Å². The summed E-state index contributed by atoms with van der Waals surface area (Å²) >= 11 is 6.04. The van der Waals surface area contributed by atoms with Crippen molar-refractivity contribution in [2.75, 3.05) is 24.1 Å². The molecule has 1 aliphatic rings. The summed E-state index contributed by atoms with van der Waals surface area (Å²) in [6.07, 6.45) is 0. The van der Waals surface area contributed by atoms with Crippen LogP contribution >= 0.6 is 11.6 Å². The fraction of sp³-hybridized carbons (Fsp3) is 0.316. The summed E-state index contributed by atoms with van der Waals surface area (Å²) < 4.78 is 38.7. The lowest BCUT2D eigenvalue weighted by atomic mass is 10.3. The van der Waals surface area contributed by atoms with Gasteiger partial charge in [0.25, 0.3) is 10.0 Å². The van der Waals surface area contributed by atoms with E-state index in [0.29, 0.717) is 35.4 Å². The third kappa shape index (κ3) is 4.51. The molecule has 28 heavy (non-hydrogen) atoms. The van der Waals surface area contributed by atoms with Crippen molar-refractivity contribution < 1.29 is 22.7 Å². The Kier molecular flexibility index (Phi) is 6.00. The van der Waals surface area contributed by atoms with Crippen LogP contribution < -0.4 is 19.1 Å². The minimum atomic E-state index is -4.06. The zero-order chi connectivity index (χ0) is 20.3. The van der Waals surface area contributed by atoms with E-state index in [4.69, 9.17) is 21.1 Å². The minimum Gasteiger partial charge on any atom is -0.486 e. The highest BCUT2D eigenvalue weighted by Crippen LogP contribution is 2.34. The van der Waals surface area contributed by atoms with Gasteiger partial charge < -0.3 is 14.8 Å². The molecule has 0 radical (unpaired) electrons. The van der Waals surface area contributed by atoms with Crippen molar-refractivity contribution in [1.82, 2.24) is 5.32 Å². The summed E-state index contributed by atoms with van der Waals surface area (Å²) in [5, 5.41) is 3.07. The molecule has 0 saturated carbocycles. The number of ether oxygens (including phenoxy) is 2. The van der Waals surface area contributed by atoms with Gasteiger partial charge in [-0.15, -0.1) is 0 Å². The van der Waals surface area contributed by atoms with Crippen LogP contribution in [0.15, 0.2) is 47.4 Å². The number of hydrogen-bond donors (Lipinski definition) is 1. The van der Waals surface area contributed by atoms with Crippen LogP contribution in [0.3, 0.4) is 0 Å². The monoisotopic (exact) mass is 424 g/mol. The molecule has 2 aromatic carbocycles. The van der Waals surface area contributed by atoms with Gasteiger partial charge in [0.15, 0.2) is 11.5 Å². The zero-order valence-electron chi connectivity index (χ0n) is 15.5. The first-order valence-corrected chi connectivity index (χ1v) is 10.6. The number of hydrogen-bond acceptors (Lipinski definition) is 5. The molecule has 1 heterocycles. The average Bonchev–Trinajstić information content (AvgIpc) is 2.65. The second-order valence-corrected chi connectivity index (χ2v) is 8.82. The number of rotatable bonds is 6. The van der Waals surface area contributed by atoms with Crippen LogP contribution in [0.1, 0.15) is 13.8 Å². The normalized spacial score (nSPS) is 13.3. The first-order valence-electron chi connectivity index (χ1n) is 8.74. The maximum atomic E-state index is 13.4. The average molecular weight is 425 g/mol. The Morgan fingerprint density at radius 1 is 1.14 bits per heavy atom. The van der Waals surface area contributed by atoms with Crippen LogP contribution in [0.25, 0.3) is 0 Å². The van der Waals surface area contributed by atoms with E-state index in [1.807, 2.05) is 0 Å². The standard InChI is InChI=1S/C19H21ClN2O5S/c1-13(2)21-19(23)12-22(15-5-3-4-14(20)10-15)28(24,25)16-6-7-17-18(11-16)27-9-8-26-17/h3-7,10-11,13H,8-9,12H2,1-2H3,(H,21,23). The molecule has 0 bridgehead atoms. The number of carbonyl (C=O) groups excluding carboxylic acids is 1. The molecular formula is C19H21ClN2O5S. The minimum absolute atomic E-state index is 0.00549. The summed E-state index contributed by atoms with van der Waals surface area (Å²) in [4.78, 5) is 12.3. The highest BCUT2D eigenvalue weighted by Gasteiger charge is 2.29. The van der Waals surface area contributed by atoms with Crippen LogP contribution in [0.4, 0.5) is 5.69 Å². The number of amides is 1. The van der Waals surface area contributed by atoms with Gasteiger partial charge in [-0.25, -0.2) is 8.42 Å². The van der Waals surface area contributed by atoms with Crippen LogP contribution in [0.5, 0.6) is 11.5 Å². The zero-order valence-corrected chi connectivity index (χ0v) is 17.1. The van der Waals surface area contributed by atoms with Crippen molar-refractivity contribution in [2.45, 2.75) is 24.8 Å². The lowest BCUT2D eigenvalue weighted by molar-refractivity contribution is -0.120. The molecule has 0 fully saturated rings. The van der Waals surface area contributed by atoms with Crippen molar-refractivity contribution in [1.29, 1.82) is 0 Å². The van der Waals surface area contributed by atoms with E-state index in [9.17, 15) is 13.2 Å². The summed E-state index contributed by atoms with van der Waals surface area (Å²) in [6.45, 7) is 3.97. The quantitative estimate of drug-likeness (QED) is 0.770. The second kappa shape index (κ2) is 8.28. The van der Waals surface area contributed by atoms with E-state index < -0.39 is 15.9 Å². The van der Waals surface area contributed by atoms with Crippen LogP contribution in [-0.4, -0.2) is 40.1 Å². The molecule has 0 atom stereocenters. The van der Waals surface area contributed by atoms with E-state index >= 15 is 0 Å². The summed E-state index contributed by atoms with van der Waals surface area (Å²) in [5.74, 6) is 0.415. The third-order valence-corrected chi connectivity index (χ3v) is 5.94. The maximum Gasteiger partial charge on any atom is 0.264 e. The molecule has 9 heteroatoms.